The van der Waals surface area contributed by atoms with Gasteiger partial charge in [-0.25, -0.2) is 4.79 Å². The van der Waals surface area contributed by atoms with Crippen molar-refractivity contribution in [1.29, 1.82) is 0 Å². The zero-order valence-electron chi connectivity index (χ0n) is 23.2. The van der Waals surface area contributed by atoms with Crippen molar-refractivity contribution in [2.75, 3.05) is 0 Å². The van der Waals surface area contributed by atoms with Crippen LogP contribution in [0.1, 0.15) is 44.2 Å². The Morgan fingerprint density at radius 1 is 0.805 bits per heavy atom. The number of phenols is 1. The Balaban J connectivity index is 2.32. The van der Waals surface area contributed by atoms with Gasteiger partial charge in [0.05, 0.1) is 6.04 Å². The Morgan fingerprint density at radius 2 is 1.32 bits per heavy atom. The second-order valence-electron chi connectivity index (χ2n) is 10.0. The molecule has 0 aromatic heterocycles. The fourth-order valence-corrected chi connectivity index (χ4v) is 4.05. The molecule has 12 nitrogen and oxygen atoms in total. The highest BCUT2D eigenvalue weighted by atomic mass is 16.4. The number of aliphatic carboxylic acids is 1. The predicted octanol–water partition coefficient (Wildman–Crippen LogP) is 0.355. The number of rotatable bonds is 16. The lowest BCUT2D eigenvalue weighted by Gasteiger charge is -2.27. The first-order valence-corrected chi connectivity index (χ1v) is 13.4. The van der Waals surface area contributed by atoms with Gasteiger partial charge < -0.3 is 37.6 Å². The summed E-state index contributed by atoms with van der Waals surface area (Å²) in [5.41, 5.74) is 12.4. The third-order valence-corrected chi connectivity index (χ3v) is 6.74. The van der Waals surface area contributed by atoms with Gasteiger partial charge in [0.15, 0.2) is 0 Å². The first kappa shape index (κ1) is 32.8. The molecule has 9 N–H and O–H groups in total. The van der Waals surface area contributed by atoms with Crippen LogP contribution in [0.5, 0.6) is 5.75 Å². The number of nitrogens with one attached hydrogen (secondary N) is 3. The van der Waals surface area contributed by atoms with E-state index in [1.54, 1.807) is 56.3 Å². The molecule has 5 atom stereocenters. The molecular formula is C29H39N5O7. The largest absolute Gasteiger partial charge is 0.508 e. The lowest BCUT2D eigenvalue weighted by Crippen LogP contribution is -2.58. The van der Waals surface area contributed by atoms with E-state index in [1.165, 1.54) is 12.1 Å². The third-order valence-electron chi connectivity index (χ3n) is 6.74. The first-order chi connectivity index (χ1) is 19.4. The van der Waals surface area contributed by atoms with E-state index in [9.17, 15) is 34.2 Å². The molecule has 0 spiro atoms. The number of nitrogens with two attached hydrogens (primary N) is 2. The molecule has 5 unspecified atom stereocenters. The molecule has 2 rings (SSSR count). The van der Waals surface area contributed by atoms with Gasteiger partial charge in [0.25, 0.3) is 0 Å². The molecule has 222 valence electrons. The molecule has 0 fully saturated rings. The summed E-state index contributed by atoms with van der Waals surface area (Å²) < 4.78 is 0. The second kappa shape index (κ2) is 16.0. The van der Waals surface area contributed by atoms with Gasteiger partial charge in [0.1, 0.15) is 23.9 Å². The number of carboxylic acid groups (broad SMARTS) is 1. The molecule has 0 aliphatic heterocycles. The summed E-state index contributed by atoms with van der Waals surface area (Å²) in [4.78, 5) is 62.7. The van der Waals surface area contributed by atoms with Gasteiger partial charge in [-0.15, -0.1) is 0 Å². The van der Waals surface area contributed by atoms with Gasteiger partial charge in [-0.2, -0.15) is 0 Å². The first-order valence-electron chi connectivity index (χ1n) is 13.4. The minimum Gasteiger partial charge on any atom is -0.508 e. The van der Waals surface area contributed by atoms with Crippen molar-refractivity contribution in [3.63, 3.8) is 0 Å². The van der Waals surface area contributed by atoms with Crippen molar-refractivity contribution < 1.29 is 34.2 Å². The van der Waals surface area contributed by atoms with Gasteiger partial charge in [-0.05, 0) is 35.6 Å². The minimum atomic E-state index is -1.19. The summed E-state index contributed by atoms with van der Waals surface area (Å²) in [7, 11) is 0. The molecule has 0 saturated carbocycles. The van der Waals surface area contributed by atoms with E-state index < -0.39 is 53.8 Å². The molecule has 12 heteroatoms. The number of hydrogen-bond donors (Lipinski definition) is 7. The lowest BCUT2D eigenvalue weighted by molar-refractivity contribution is -0.143. The molecular weight excluding hydrogens is 530 g/mol. The van der Waals surface area contributed by atoms with E-state index in [4.69, 9.17) is 11.5 Å². The maximum absolute atomic E-state index is 13.6. The van der Waals surface area contributed by atoms with Gasteiger partial charge in [-0.1, -0.05) is 62.7 Å². The summed E-state index contributed by atoms with van der Waals surface area (Å²) in [6.07, 6.45) is 0.404. The van der Waals surface area contributed by atoms with Crippen molar-refractivity contribution in [2.24, 2.45) is 17.4 Å². The maximum Gasteiger partial charge on any atom is 0.326 e. The van der Waals surface area contributed by atoms with E-state index >= 15 is 0 Å². The van der Waals surface area contributed by atoms with Gasteiger partial charge in [0.2, 0.25) is 23.6 Å². The second-order valence-corrected chi connectivity index (χ2v) is 10.0. The monoisotopic (exact) mass is 569 g/mol. The average molecular weight is 570 g/mol. The number of benzene rings is 2. The smallest absolute Gasteiger partial charge is 0.326 e. The number of primary amides is 1. The predicted molar refractivity (Wildman–Crippen MR) is 151 cm³/mol. The number of carbonyl (C=O) groups is 5. The van der Waals surface area contributed by atoms with Crippen LogP contribution in [0.3, 0.4) is 0 Å². The fraction of sp³-hybridized carbons (Fsp3) is 0.414. The highest BCUT2D eigenvalue weighted by Gasteiger charge is 2.32. The van der Waals surface area contributed by atoms with Crippen LogP contribution in [0.25, 0.3) is 0 Å². The zero-order valence-corrected chi connectivity index (χ0v) is 23.2. The van der Waals surface area contributed by atoms with Crippen LogP contribution in [0.4, 0.5) is 0 Å². The van der Waals surface area contributed by atoms with E-state index in [0.29, 0.717) is 12.0 Å². The molecule has 2 aromatic rings. The van der Waals surface area contributed by atoms with Crippen LogP contribution in [0, 0.1) is 5.92 Å². The lowest BCUT2D eigenvalue weighted by atomic mass is 9.97. The molecule has 2 aromatic carbocycles. The Bertz CT molecular complexity index is 1190. The van der Waals surface area contributed by atoms with Crippen molar-refractivity contribution >= 4 is 29.6 Å². The topological polar surface area (TPSA) is 214 Å². The summed E-state index contributed by atoms with van der Waals surface area (Å²) in [6.45, 7) is 3.51. The zero-order chi connectivity index (χ0) is 30.5. The fourth-order valence-electron chi connectivity index (χ4n) is 4.05. The normalized spacial score (nSPS) is 14.5. The van der Waals surface area contributed by atoms with E-state index in [2.05, 4.69) is 16.0 Å². The minimum absolute atomic E-state index is 0.00924. The Labute approximate surface area is 238 Å². The molecule has 0 aliphatic rings. The number of hydrogen-bond acceptors (Lipinski definition) is 7. The Morgan fingerprint density at radius 3 is 1.83 bits per heavy atom. The van der Waals surface area contributed by atoms with Crippen molar-refractivity contribution in [3.05, 3.63) is 65.7 Å². The summed E-state index contributed by atoms with van der Waals surface area (Å²) in [5.74, 6) is -4.27. The molecule has 0 heterocycles. The highest BCUT2D eigenvalue weighted by Crippen LogP contribution is 2.13. The number of amides is 4. The van der Waals surface area contributed by atoms with Gasteiger partial charge in [0, 0.05) is 19.3 Å². The number of phenolic OH excluding ortho intramolecular Hbond substituents is 1. The molecule has 0 aliphatic carbocycles. The van der Waals surface area contributed by atoms with Crippen LogP contribution >= 0.6 is 0 Å². The van der Waals surface area contributed by atoms with Gasteiger partial charge in [-0.3, -0.25) is 19.2 Å². The van der Waals surface area contributed by atoms with Crippen molar-refractivity contribution in [2.45, 2.75) is 70.1 Å². The van der Waals surface area contributed by atoms with Crippen LogP contribution in [-0.2, 0) is 36.8 Å². The number of carboxylic acids is 1. The quantitative estimate of drug-likeness (QED) is 0.149. The summed E-state index contributed by atoms with van der Waals surface area (Å²) in [5, 5.41) is 27.1. The van der Waals surface area contributed by atoms with E-state index in [-0.39, 0.29) is 37.4 Å². The van der Waals surface area contributed by atoms with Crippen LogP contribution in [-0.4, -0.2) is 64.0 Å². The number of aromatic hydroxyl groups is 1. The molecule has 0 radical (unpaired) electrons. The van der Waals surface area contributed by atoms with Crippen molar-refractivity contribution in [1.82, 2.24) is 16.0 Å². The van der Waals surface area contributed by atoms with Gasteiger partial charge >= 0.3 is 5.97 Å². The third kappa shape index (κ3) is 10.9. The summed E-state index contributed by atoms with van der Waals surface area (Å²) in [6, 6.07) is 10.2. The molecule has 0 bridgehead atoms. The summed E-state index contributed by atoms with van der Waals surface area (Å²) >= 11 is 0. The average Bonchev–Trinajstić information content (AvgIpc) is 2.94. The van der Waals surface area contributed by atoms with E-state index in [1.807, 2.05) is 0 Å². The SMILES string of the molecule is CCC(C)C(NC(=O)C(Cc1ccccc1)NC(=O)C(Cc1ccc(O)cc1)NC(=O)C(N)CCC(N)=O)C(=O)O. The Kier molecular flexibility index (Phi) is 12.8. The van der Waals surface area contributed by atoms with Crippen LogP contribution in [0.2, 0.25) is 0 Å². The molecule has 4 amide bonds. The van der Waals surface area contributed by atoms with E-state index in [0.717, 1.165) is 5.56 Å². The molecule has 0 saturated heterocycles. The number of carbonyl (C=O) groups excluding carboxylic acids is 4. The standard InChI is InChI=1S/C29H39N5O7/c1-3-17(2)25(29(40)41)34-28(39)23(15-18-7-5-4-6-8-18)33-27(38)22(16-19-9-11-20(35)12-10-19)32-26(37)21(30)13-14-24(31)36/h4-12,17,21-23,25,35H,3,13-16,30H2,1-2H3,(H2,31,36)(H,32,37)(H,33,38)(H,34,39)(H,40,41). The highest BCUT2D eigenvalue weighted by molar-refractivity contribution is 5.94. The Hall–Kier alpha value is -4.45. The maximum atomic E-state index is 13.6. The van der Waals surface area contributed by atoms with Crippen LogP contribution in [0.15, 0.2) is 54.6 Å². The van der Waals surface area contributed by atoms with Crippen LogP contribution < -0.4 is 27.4 Å². The van der Waals surface area contributed by atoms with Crippen molar-refractivity contribution in [3.8, 4) is 5.75 Å². The molecule has 41 heavy (non-hydrogen) atoms.